The maximum absolute atomic E-state index is 4.45. The van der Waals surface area contributed by atoms with Gasteiger partial charge in [-0.1, -0.05) is 0 Å². The summed E-state index contributed by atoms with van der Waals surface area (Å²) in [4.78, 5) is 15.6. The second-order valence-electron chi connectivity index (χ2n) is 4.90. The van der Waals surface area contributed by atoms with Gasteiger partial charge in [0.25, 0.3) is 0 Å². The molecule has 0 amide bonds. The van der Waals surface area contributed by atoms with Gasteiger partial charge in [-0.25, -0.2) is 15.0 Å². The summed E-state index contributed by atoms with van der Waals surface area (Å²) in [5, 5.41) is 7.86. The van der Waals surface area contributed by atoms with Gasteiger partial charge in [0, 0.05) is 18.3 Å². The first-order chi connectivity index (χ1) is 9.58. The molecule has 0 radical (unpaired) electrons. The van der Waals surface area contributed by atoms with Crippen molar-refractivity contribution < 1.29 is 0 Å². The number of anilines is 1. The molecule has 7 nitrogen and oxygen atoms in total. The van der Waals surface area contributed by atoms with Crippen molar-refractivity contribution in [2.24, 2.45) is 7.05 Å². The lowest BCUT2D eigenvalue weighted by molar-refractivity contribution is 0.728. The lowest BCUT2D eigenvalue weighted by Gasteiger charge is -2.15. The van der Waals surface area contributed by atoms with Crippen molar-refractivity contribution in [2.75, 3.05) is 5.32 Å². The largest absolute Gasteiger partial charge is 0.362 e. The highest BCUT2D eigenvalue weighted by Crippen LogP contribution is 2.25. The maximum atomic E-state index is 4.45. The van der Waals surface area contributed by atoms with E-state index in [-0.39, 0.29) is 6.04 Å². The topological polar surface area (TPSA) is 84.3 Å². The molecule has 0 saturated heterocycles. The fourth-order valence-electron chi connectivity index (χ4n) is 2.57. The molecular weight excluding hydrogens is 254 g/mol. The van der Waals surface area contributed by atoms with E-state index in [1.165, 1.54) is 11.9 Å². The highest BCUT2D eigenvalue weighted by atomic mass is 15.3. The van der Waals surface area contributed by atoms with E-state index in [9.17, 15) is 0 Å². The number of aromatic nitrogens is 6. The highest BCUT2D eigenvalue weighted by molar-refractivity contribution is 5.82. The summed E-state index contributed by atoms with van der Waals surface area (Å²) in [6, 6.07) is 0.102. The van der Waals surface area contributed by atoms with Crippen molar-refractivity contribution in [2.45, 2.75) is 26.8 Å². The van der Waals surface area contributed by atoms with Crippen LogP contribution in [0.4, 0.5) is 5.82 Å². The van der Waals surface area contributed by atoms with Crippen LogP contribution in [0.5, 0.6) is 0 Å². The van der Waals surface area contributed by atoms with Crippen LogP contribution in [0.2, 0.25) is 0 Å². The smallest absolute Gasteiger partial charge is 0.182 e. The average molecular weight is 271 g/mol. The first-order valence-corrected chi connectivity index (χ1v) is 6.48. The third kappa shape index (κ3) is 1.91. The molecule has 0 spiro atoms. The van der Waals surface area contributed by atoms with Crippen LogP contribution in [0, 0.1) is 13.8 Å². The molecule has 0 aliphatic rings. The van der Waals surface area contributed by atoms with Gasteiger partial charge < -0.3 is 10.3 Å². The van der Waals surface area contributed by atoms with Crippen LogP contribution in [0.1, 0.15) is 29.9 Å². The molecule has 7 heteroatoms. The molecule has 0 aliphatic carbocycles. The van der Waals surface area contributed by atoms with E-state index in [2.05, 4.69) is 44.2 Å². The summed E-state index contributed by atoms with van der Waals surface area (Å²) in [5.74, 6) is 0.752. The lowest BCUT2D eigenvalue weighted by Crippen LogP contribution is -2.10. The lowest BCUT2D eigenvalue weighted by atomic mass is 10.1. The van der Waals surface area contributed by atoms with Crippen molar-refractivity contribution in [1.29, 1.82) is 0 Å². The highest BCUT2D eigenvalue weighted by Gasteiger charge is 2.17. The summed E-state index contributed by atoms with van der Waals surface area (Å²) < 4.78 is 1.90. The van der Waals surface area contributed by atoms with Crippen molar-refractivity contribution in [3.8, 4) is 0 Å². The van der Waals surface area contributed by atoms with Crippen molar-refractivity contribution in [3.63, 3.8) is 0 Å². The van der Waals surface area contributed by atoms with E-state index in [0.29, 0.717) is 5.65 Å². The zero-order valence-electron chi connectivity index (χ0n) is 12.0. The number of nitrogens with one attached hydrogen (secondary N) is 2. The molecule has 0 aromatic carbocycles. The van der Waals surface area contributed by atoms with Crippen molar-refractivity contribution in [3.05, 3.63) is 29.6 Å². The van der Waals surface area contributed by atoms with Gasteiger partial charge in [-0.2, -0.15) is 5.10 Å². The Bertz CT molecular complexity index is 755. The number of hydrogen-bond donors (Lipinski definition) is 2. The minimum Gasteiger partial charge on any atom is -0.362 e. The zero-order chi connectivity index (χ0) is 14.3. The molecule has 0 bridgehead atoms. The molecule has 1 unspecified atom stereocenters. The summed E-state index contributed by atoms with van der Waals surface area (Å²) in [5.41, 5.74) is 4.85. The van der Waals surface area contributed by atoms with E-state index in [1.54, 1.807) is 6.33 Å². The van der Waals surface area contributed by atoms with Crippen LogP contribution in [0.15, 0.2) is 12.7 Å². The van der Waals surface area contributed by atoms with Gasteiger partial charge in [0.1, 0.15) is 11.8 Å². The molecular formula is C13H17N7. The van der Waals surface area contributed by atoms with Crippen LogP contribution in [0.25, 0.3) is 11.2 Å². The standard InChI is InChI=1S/C13H17N7/c1-7(10-8(2)19-20(4)9(10)3)18-13-11-12(15-5-14-11)16-6-17-13/h5-7H,1-4H3,(H2,14,15,16,17,18). The molecule has 20 heavy (non-hydrogen) atoms. The maximum Gasteiger partial charge on any atom is 0.182 e. The summed E-state index contributed by atoms with van der Waals surface area (Å²) >= 11 is 0. The summed E-state index contributed by atoms with van der Waals surface area (Å²) in [6.45, 7) is 6.19. The Morgan fingerprint density at radius 1 is 1.25 bits per heavy atom. The predicted octanol–water partition coefficient (Wildman–Crippen LogP) is 1.88. The van der Waals surface area contributed by atoms with Crippen LogP contribution in [-0.2, 0) is 7.05 Å². The fourth-order valence-corrected chi connectivity index (χ4v) is 2.57. The molecule has 0 aliphatic heterocycles. The van der Waals surface area contributed by atoms with Gasteiger partial charge in [0.2, 0.25) is 0 Å². The number of aromatic amines is 1. The molecule has 104 valence electrons. The Labute approximate surface area is 116 Å². The minimum absolute atomic E-state index is 0.102. The Balaban J connectivity index is 1.96. The van der Waals surface area contributed by atoms with Crippen LogP contribution < -0.4 is 5.32 Å². The van der Waals surface area contributed by atoms with Crippen LogP contribution in [-0.4, -0.2) is 29.7 Å². The minimum atomic E-state index is 0.102. The van der Waals surface area contributed by atoms with Gasteiger partial charge >= 0.3 is 0 Å². The number of aryl methyl sites for hydroxylation is 2. The van der Waals surface area contributed by atoms with Crippen molar-refractivity contribution in [1.82, 2.24) is 29.7 Å². The van der Waals surface area contributed by atoms with Crippen molar-refractivity contribution >= 4 is 17.0 Å². The van der Waals surface area contributed by atoms with E-state index >= 15 is 0 Å². The van der Waals surface area contributed by atoms with Gasteiger partial charge in [0.15, 0.2) is 11.5 Å². The second-order valence-corrected chi connectivity index (χ2v) is 4.90. The summed E-state index contributed by atoms with van der Waals surface area (Å²) in [6.07, 6.45) is 3.14. The normalized spacial score (nSPS) is 12.8. The fraction of sp³-hybridized carbons (Fsp3) is 0.385. The number of H-pyrrole nitrogens is 1. The SMILES string of the molecule is Cc1nn(C)c(C)c1C(C)Nc1ncnc2nc[nH]c12. The average Bonchev–Trinajstić information content (AvgIpc) is 2.96. The Morgan fingerprint density at radius 2 is 2.05 bits per heavy atom. The number of nitrogens with zero attached hydrogens (tertiary/aromatic N) is 5. The quantitative estimate of drug-likeness (QED) is 0.759. The molecule has 0 saturated carbocycles. The molecule has 3 aromatic heterocycles. The van der Waals surface area contributed by atoms with Crippen LogP contribution >= 0.6 is 0 Å². The monoisotopic (exact) mass is 271 g/mol. The molecule has 0 fully saturated rings. The van der Waals surface area contributed by atoms with Gasteiger partial charge in [-0.3, -0.25) is 4.68 Å². The van der Waals surface area contributed by atoms with Gasteiger partial charge in [-0.15, -0.1) is 0 Å². The molecule has 3 aromatic rings. The zero-order valence-corrected chi connectivity index (χ0v) is 12.0. The third-order valence-electron chi connectivity index (χ3n) is 3.57. The van der Waals surface area contributed by atoms with Gasteiger partial charge in [0.05, 0.1) is 18.1 Å². The van der Waals surface area contributed by atoms with E-state index in [0.717, 1.165) is 22.7 Å². The summed E-state index contributed by atoms with van der Waals surface area (Å²) in [7, 11) is 1.95. The van der Waals surface area contributed by atoms with Crippen LogP contribution in [0.3, 0.4) is 0 Å². The third-order valence-corrected chi connectivity index (χ3v) is 3.57. The van der Waals surface area contributed by atoms with E-state index in [1.807, 2.05) is 18.7 Å². The first-order valence-electron chi connectivity index (χ1n) is 6.48. The number of imidazole rings is 1. The molecule has 3 rings (SSSR count). The second kappa shape index (κ2) is 4.59. The molecule has 2 N–H and O–H groups in total. The van der Waals surface area contributed by atoms with E-state index in [4.69, 9.17) is 0 Å². The molecule has 3 heterocycles. The Kier molecular flexibility index (Phi) is 2.89. The van der Waals surface area contributed by atoms with E-state index < -0.39 is 0 Å². The number of fused-ring (bicyclic) bond motifs is 1. The number of hydrogen-bond acceptors (Lipinski definition) is 5. The Morgan fingerprint density at radius 3 is 2.75 bits per heavy atom. The number of rotatable bonds is 3. The molecule has 1 atom stereocenters. The Hall–Kier alpha value is -2.44. The predicted molar refractivity (Wildman–Crippen MR) is 76.4 cm³/mol. The first kappa shape index (κ1) is 12.6. The van der Waals surface area contributed by atoms with Gasteiger partial charge in [-0.05, 0) is 20.8 Å².